The Morgan fingerprint density at radius 3 is 2.43 bits per heavy atom. The van der Waals surface area contributed by atoms with E-state index in [4.69, 9.17) is 0 Å². The van der Waals surface area contributed by atoms with Crippen molar-refractivity contribution in [3.05, 3.63) is 71.2 Å². The van der Waals surface area contributed by atoms with Gasteiger partial charge in [0.1, 0.15) is 0 Å². The molecule has 0 unspecified atom stereocenters. The van der Waals surface area contributed by atoms with Crippen LogP contribution in [0.25, 0.3) is 10.8 Å². The molecule has 0 aliphatic rings. The number of anilines is 1. The number of nitrogens with one attached hydrogen (secondary N) is 1. The molecule has 0 bridgehead atoms. The molecule has 1 nitrogen and oxygen atoms in total. The molecule has 0 spiro atoms. The van der Waals surface area contributed by atoms with E-state index >= 15 is 0 Å². The second-order valence-corrected chi connectivity index (χ2v) is 6.88. The largest absolute Gasteiger partial charge is 0.384 e. The molecule has 3 aromatic carbocycles. The zero-order valence-corrected chi connectivity index (χ0v) is 14.0. The van der Waals surface area contributed by atoms with Gasteiger partial charge in [0.05, 0.1) is 0 Å². The highest BCUT2D eigenvalue weighted by molar-refractivity contribution is 9.10. The molecule has 0 atom stereocenters. The molecular formula is C18H16BrNS. The molecule has 0 radical (unpaired) electrons. The summed E-state index contributed by atoms with van der Waals surface area (Å²) in [5.74, 6) is 1.05. The van der Waals surface area contributed by atoms with Gasteiger partial charge in [-0.15, -0.1) is 11.8 Å². The molecular weight excluding hydrogens is 342 g/mol. The number of benzene rings is 3. The van der Waals surface area contributed by atoms with E-state index in [0.717, 1.165) is 22.5 Å². The van der Waals surface area contributed by atoms with Crippen LogP contribution >= 0.6 is 27.7 Å². The van der Waals surface area contributed by atoms with Crippen molar-refractivity contribution < 1.29 is 0 Å². The SMILES string of the molecule is Brc1ccc(NCCSc2ccc3ccccc3c2)cc1. The third kappa shape index (κ3) is 4.02. The molecule has 1 N–H and O–H groups in total. The Morgan fingerprint density at radius 2 is 1.62 bits per heavy atom. The lowest BCUT2D eigenvalue weighted by Gasteiger charge is -2.07. The second kappa shape index (κ2) is 7.01. The standard InChI is InChI=1S/C18H16BrNS/c19-16-6-8-17(9-7-16)20-11-12-21-18-10-5-14-3-1-2-4-15(14)13-18/h1-10,13,20H,11-12H2. The molecule has 0 fully saturated rings. The molecule has 3 heteroatoms. The fourth-order valence-electron chi connectivity index (χ4n) is 2.19. The Kier molecular flexibility index (Phi) is 4.84. The number of hydrogen-bond donors (Lipinski definition) is 1. The van der Waals surface area contributed by atoms with Crippen LogP contribution in [0.15, 0.2) is 76.1 Å². The Bertz CT molecular complexity index is 725. The van der Waals surface area contributed by atoms with Crippen molar-refractivity contribution in [2.45, 2.75) is 4.90 Å². The first kappa shape index (κ1) is 14.5. The van der Waals surface area contributed by atoms with Crippen LogP contribution in [0.1, 0.15) is 0 Å². The average Bonchev–Trinajstić information content (AvgIpc) is 2.53. The Morgan fingerprint density at radius 1 is 0.857 bits per heavy atom. The van der Waals surface area contributed by atoms with Crippen molar-refractivity contribution in [3.8, 4) is 0 Å². The Hall–Kier alpha value is -1.45. The quantitative estimate of drug-likeness (QED) is 0.456. The smallest absolute Gasteiger partial charge is 0.0341 e. The van der Waals surface area contributed by atoms with E-state index in [1.54, 1.807) is 0 Å². The number of halogens is 1. The molecule has 0 amide bonds. The summed E-state index contributed by atoms with van der Waals surface area (Å²) in [5, 5.41) is 6.05. The summed E-state index contributed by atoms with van der Waals surface area (Å²) in [4.78, 5) is 1.33. The van der Waals surface area contributed by atoms with Gasteiger partial charge in [0.15, 0.2) is 0 Å². The van der Waals surface area contributed by atoms with E-state index in [-0.39, 0.29) is 0 Å². The fraction of sp³-hybridized carbons (Fsp3) is 0.111. The van der Waals surface area contributed by atoms with E-state index in [1.165, 1.54) is 15.7 Å². The topological polar surface area (TPSA) is 12.0 Å². The first-order valence-electron chi connectivity index (χ1n) is 6.92. The summed E-state index contributed by atoms with van der Waals surface area (Å²) >= 11 is 5.33. The van der Waals surface area contributed by atoms with Crippen LogP contribution < -0.4 is 5.32 Å². The van der Waals surface area contributed by atoms with Gasteiger partial charge in [0.25, 0.3) is 0 Å². The summed E-state index contributed by atoms with van der Waals surface area (Å²) in [6, 6.07) is 23.4. The Balaban J connectivity index is 1.53. The van der Waals surface area contributed by atoms with Crippen molar-refractivity contribution in [2.75, 3.05) is 17.6 Å². The van der Waals surface area contributed by atoms with Gasteiger partial charge in [-0.25, -0.2) is 0 Å². The van der Waals surface area contributed by atoms with Gasteiger partial charge in [0.2, 0.25) is 0 Å². The lowest BCUT2D eigenvalue weighted by atomic mass is 10.1. The zero-order valence-electron chi connectivity index (χ0n) is 11.6. The molecule has 0 heterocycles. The summed E-state index contributed by atoms with van der Waals surface area (Å²) < 4.78 is 1.11. The molecule has 0 aromatic heterocycles. The van der Waals surface area contributed by atoms with E-state index in [2.05, 4.69) is 88.0 Å². The van der Waals surface area contributed by atoms with Gasteiger partial charge in [-0.1, -0.05) is 46.3 Å². The predicted octanol–water partition coefficient (Wildman–Crippen LogP) is 5.81. The molecule has 0 aliphatic carbocycles. The molecule has 3 rings (SSSR count). The van der Waals surface area contributed by atoms with Crippen molar-refractivity contribution in [1.29, 1.82) is 0 Å². The number of hydrogen-bond acceptors (Lipinski definition) is 2. The summed E-state index contributed by atoms with van der Waals surface area (Å²) in [6.45, 7) is 0.957. The van der Waals surface area contributed by atoms with E-state index in [0.29, 0.717) is 0 Å². The molecule has 0 aliphatic heterocycles. The molecule has 0 saturated carbocycles. The second-order valence-electron chi connectivity index (χ2n) is 4.79. The molecule has 21 heavy (non-hydrogen) atoms. The lowest BCUT2D eigenvalue weighted by molar-refractivity contribution is 1.22. The van der Waals surface area contributed by atoms with Crippen LogP contribution in [-0.4, -0.2) is 12.3 Å². The van der Waals surface area contributed by atoms with Crippen LogP contribution in [0.3, 0.4) is 0 Å². The van der Waals surface area contributed by atoms with Crippen LogP contribution in [0, 0.1) is 0 Å². The maximum atomic E-state index is 3.45. The van der Waals surface area contributed by atoms with Crippen molar-refractivity contribution in [3.63, 3.8) is 0 Å². The van der Waals surface area contributed by atoms with Crippen LogP contribution in [0.4, 0.5) is 5.69 Å². The summed E-state index contributed by atoms with van der Waals surface area (Å²) in [6.07, 6.45) is 0. The van der Waals surface area contributed by atoms with Crippen molar-refractivity contribution >= 4 is 44.2 Å². The fourth-order valence-corrected chi connectivity index (χ4v) is 3.27. The zero-order chi connectivity index (χ0) is 14.5. The minimum Gasteiger partial charge on any atom is -0.384 e. The normalized spacial score (nSPS) is 10.7. The third-order valence-corrected chi connectivity index (χ3v) is 4.79. The Labute approximate surface area is 137 Å². The van der Waals surface area contributed by atoms with Crippen LogP contribution in [0.5, 0.6) is 0 Å². The monoisotopic (exact) mass is 357 g/mol. The predicted molar refractivity (Wildman–Crippen MR) is 97.3 cm³/mol. The van der Waals surface area contributed by atoms with Crippen molar-refractivity contribution in [1.82, 2.24) is 0 Å². The van der Waals surface area contributed by atoms with Gasteiger partial charge in [-0.3, -0.25) is 0 Å². The minimum atomic E-state index is 0.957. The number of fused-ring (bicyclic) bond motifs is 1. The number of rotatable bonds is 5. The summed E-state index contributed by atoms with van der Waals surface area (Å²) in [7, 11) is 0. The highest BCUT2D eigenvalue weighted by Crippen LogP contribution is 2.23. The van der Waals surface area contributed by atoms with Crippen molar-refractivity contribution in [2.24, 2.45) is 0 Å². The lowest BCUT2D eigenvalue weighted by Crippen LogP contribution is -2.03. The average molecular weight is 358 g/mol. The van der Waals surface area contributed by atoms with Crippen LogP contribution in [0.2, 0.25) is 0 Å². The summed E-state index contributed by atoms with van der Waals surface area (Å²) in [5.41, 5.74) is 1.16. The van der Waals surface area contributed by atoms with Gasteiger partial charge in [0, 0.05) is 27.4 Å². The number of thioether (sulfide) groups is 1. The maximum absolute atomic E-state index is 3.45. The highest BCUT2D eigenvalue weighted by atomic mass is 79.9. The van der Waals surface area contributed by atoms with Gasteiger partial charge in [-0.2, -0.15) is 0 Å². The molecule has 106 valence electrons. The third-order valence-electron chi connectivity index (χ3n) is 3.27. The van der Waals surface area contributed by atoms with Gasteiger partial charge in [-0.05, 0) is 47.2 Å². The highest BCUT2D eigenvalue weighted by Gasteiger charge is 1.97. The van der Waals surface area contributed by atoms with Crippen LogP contribution in [-0.2, 0) is 0 Å². The first-order chi connectivity index (χ1) is 10.3. The molecule has 0 saturated heterocycles. The molecule has 3 aromatic rings. The first-order valence-corrected chi connectivity index (χ1v) is 8.70. The van der Waals surface area contributed by atoms with E-state index in [9.17, 15) is 0 Å². The van der Waals surface area contributed by atoms with E-state index in [1.807, 2.05) is 11.8 Å². The minimum absolute atomic E-state index is 0.957. The van der Waals surface area contributed by atoms with Gasteiger partial charge >= 0.3 is 0 Å². The van der Waals surface area contributed by atoms with Gasteiger partial charge < -0.3 is 5.32 Å². The maximum Gasteiger partial charge on any atom is 0.0341 e. The van der Waals surface area contributed by atoms with E-state index < -0.39 is 0 Å².